The minimum absolute atomic E-state index is 0.129. The van der Waals surface area contributed by atoms with Crippen molar-refractivity contribution in [2.24, 2.45) is 0 Å². The lowest BCUT2D eigenvalue weighted by atomic mass is 10.1. The first-order chi connectivity index (χ1) is 6.72. The fraction of sp³-hybridized carbons (Fsp3) is 0.300. The van der Waals surface area contributed by atoms with E-state index in [0.717, 1.165) is 10.0 Å². The smallest absolute Gasteiger partial charge is 0.338 e. The molecule has 1 aliphatic heterocycles. The molecular formula is C10H9BrO3. The Hall–Kier alpha value is -0.870. The van der Waals surface area contributed by atoms with Gasteiger partial charge in [0.25, 0.3) is 0 Å². The minimum Gasteiger partial charge on any atom is -0.467 e. The largest absolute Gasteiger partial charge is 0.467 e. The Kier molecular flexibility index (Phi) is 2.56. The summed E-state index contributed by atoms with van der Waals surface area (Å²) in [6.45, 7) is 0. The van der Waals surface area contributed by atoms with Gasteiger partial charge >= 0.3 is 5.97 Å². The zero-order valence-electron chi connectivity index (χ0n) is 7.57. The molecular weight excluding hydrogens is 248 g/mol. The van der Waals surface area contributed by atoms with E-state index in [1.807, 2.05) is 24.3 Å². The van der Waals surface area contributed by atoms with Gasteiger partial charge in [-0.25, -0.2) is 4.79 Å². The van der Waals surface area contributed by atoms with Crippen molar-refractivity contribution < 1.29 is 14.3 Å². The summed E-state index contributed by atoms with van der Waals surface area (Å²) in [5.74, 6) is -0.307. The van der Waals surface area contributed by atoms with Gasteiger partial charge in [0.2, 0.25) is 0 Å². The van der Waals surface area contributed by atoms with Crippen molar-refractivity contribution in [2.45, 2.75) is 12.2 Å². The van der Waals surface area contributed by atoms with Crippen LogP contribution in [0.1, 0.15) is 11.7 Å². The standard InChI is InChI=1S/C10H9BrO3/c1-13-10(12)9-8(14-9)6-2-4-7(11)5-3-6/h2-5,8-9H,1H3/t8-,9-/m0/s1. The second-order valence-electron chi connectivity index (χ2n) is 3.05. The highest BCUT2D eigenvalue weighted by Gasteiger charge is 2.47. The zero-order valence-corrected chi connectivity index (χ0v) is 9.15. The molecule has 0 saturated carbocycles. The number of hydrogen-bond donors (Lipinski definition) is 0. The van der Waals surface area contributed by atoms with Crippen molar-refractivity contribution in [1.29, 1.82) is 0 Å². The maximum absolute atomic E-state index is 11.1. The van der Waals surface area contributed by atoms with Gasteiger partial charge in [-0.15, -0.1) is 0 Å². The van der Waals surface area contributed by atoms with Crippen LogP contribution in [0.2, 0.25) is 0 Å². The third-order valence-corrected chi connectivity index (χ3v) is 2.65. The summed E-state index contributed by atoms with van der Waals surface area (Å²) < 4.78 is 10.8. The lowest BCUT2D eigenvalue weighted by Crippen LogP contribution is -2.09. The van der Waals surface area contributed by atoms with E-state index in [-0.39, 0.29) is 12.1 Å². The molecule has 0 aliphatic carbocycles. The number of ether oxygens (including phenoxy) is 2. The zero-order chi connectivity index (χ0) is 10.1. The summed E-state index contributed by atoms with van der Waals surface area (Å²) in [6, 6.07) is 7.70. The Balaban J connectivity index is 2.06. The number of esters is 1. The van der Waals surface area contributed by atoms with Gasteiger partial charge in [-0.2, -0.15) is 0 Å². The Morgan fingerprint density at radius 2 is 2.07 bits per heavy atom. The molecule has 14 heavy (non-hydrogen) atoms. The summed E-state index contributed by atoms with van der Waals surface area (Å²) in [5.41, 5.74) is 1.00. The normalized spacial score (nSPS) is 24.4. The van der Waals surface area contributed by atoms with Gasteiger partial charge < -0.3 is 9.47 Å². The SMILES string of the molecule is COC(=O)[C@H]1O[C@H]1c1ccc(Br)cc1. The highest BCUT2D eigenvalue weighted by molar-refractivity contribution is 9.10. The molecule has 1 aromatic carbocycles. The molecule has 1 aromatic rings. The van der Waals surface area contributed by atoms with Gasteiger partial charge in [0.15, 0.2) is 6.10 Å². The molecule has 2 atom stereocenters. The van der Waals surface area contributed by atoms with E-state index in [1.165, 1.54) is 7.11 Å². The van der Waals surface area contributed by atoms with Gasteiger partial charge in [0, 0.05) is 4.47 Å². The summed E-state index contributed by atoms with van der Waals surface area (Å²) >= 11 is 3.34. The lowest BCUT2D eigenvalue weighted by Gasteiger charge is -1.95. The molecule has 0 aromatic heterocycles. The number of carbonyl (C=O) groups excluding carboxylic acids is 1. The van der Waals surface area contributed by atoms with Crippen LogP contribution in [0.15, 0.2) is 28.7 Å². The molecule has 74 valence electrons. The van der Waals surface area contributed by atoms with Crippen molar-refractivity contribution >= 4 is 21.9 Å². The number of carbonyl (C=O) groups is 1. The molecule has 0 bridgehead atoms. The monoisotopic (exact) mass is 256 g/mol. The van der Waals surface area contributed by atoms with Crippen LogP contribution in [0.4, 0.5) is 0 Å². The van der Waals surface area contributed by atoms with Gasteiger partial charge in [-0.05, 0) is 17.7 Å². The van der Waals surface area contributed by atoms with Crippen LogP contribution >= 0.6 is 15.9 Å². The second-order valence-corrected chi connectivity index (χ2v) is 3.97. The maximum atomic E-state index is 11.1. The number of halogens is 1. The van der Waals surface area contributed by atoms with Crippen LogP contribution in [0.25, 0.3) is 0 Å². The quantitative estimate of drug-likeness (QED) is 0.601. The molecule has 1 saturated heterocycles. The summed E-state index contributed by atoms with van der Waals surface area (Å²) in [6.07, 6.45) is -0.545. The highest BCUT2D eigenvalue weighted by atomic mass is 79.9. The molecule has 2 rings (SSSR count). The molecule has 1 heterocycles. The van der Waals surface area contributed by atoms with E-state index < -0.39 is 6.10 Å². The van der Waals surface area contributed by atoms with Crippen LogP contribution in [0.5, 0.6) is 0 Å². The van der Waals surface area contributed by atoms with Crippen molar-refractivity contribution in [3.8, 4) is 0 Å². The first kappa shape index (κ1) is 9.68. The molecule has 0 radical (unpaired) electrons. The third-order valence-electron chi connectivity index (χ3n) is 2.12. The van der Waals surface area contributed by atoms with Gasteiger partial charge in [0.1, 0.15) is 6.10 Å². The van der Waals surface area contributed by atoms with Crippen molar-refractivity contribution in [3.05, 3.63) is 34.3 Å². The van der Waals surface area contributed by atoms with Gasteiger partial charge in [-0.1, -0.05) is 28.1 Å². The fourth-order valence-corrected chi connectivity index (χ4v) is 1.58. The van der Waals surface area contributed by atoms with Gasteiger partial charge in [-0.3, -0.25) is 0 Å². The van der Waals surface area contributed by atoms with Crippen LogP contribution in [-0.4, -0.2) is 19.2 Å². The average Bonchev–Trinajstić information content (AvgIpc) is 2.98. The topological polar surface area (TPSA) is 38.8 Å². The maximum Gasteiger partial charge on any atom is 0.338 e. The van der Waals surface area contributed by atoms with Crippen LogP contribution in [0.3, 0.4) is 0 Å². The van der Waals surface area contributed by atoms with E-state index >= 15 is 0 Å². The van der Waals surface area contributed by atoms with Gasteiger partial charge in [0.05, 0.1) is 7.11 Å². The molecule has 3 nitrogen and oxygen atoms in total. The van der Waals surface area contributed by atoms with Crippen molar-refractivity contribution in [2.75, 3.05) is 7.11 Å². The van der Waals surface area contributed by atoms with Crippen LogP contribution in [0, 0.1) is 0 Å². The third kappa shape index (κ3) is 1.81. The minimum atomic E-state index is -0.416. The number of methoxy groups -OCH3 is 1. The Bertz CT molecular complexity index is 347. The molecule has 1 fully saturated rings. The summed E-state index contributed by atoms with van der Waals surface area (Å²) in [5, 5.41) is 0. The average molecular weight is 257 g/mol. The number of benzene rings is 1. The molecule has 0 unspecified atom stereocenters. The summed E-state index contributed by atoms with van der Waals surface area (Å²) in [7, 11) is 1.36. The first-order valence-corrected chi connectivity index (χ1v) is 5.00. The molecule has 0 spiro atoms. The van der Waals surface area contributed by atoms with E-state index in [0.29, 0.717) is 0 Å². The molecule has 4 heteroatoms. The predicted molar refractivity (Wildman–Crippen MR) is 53.8 cm³/mol. The van der Waals surface area contributed by atoms with E-state index in [4.69, 9.17) is 4.74 Å². The number of rotatable bonds is 2. The highest BCUT2D eigenvalue weighted by Crippen LogP contribution is 2.39. The van der Waals surface area contributed by atoms with Crippen molar-refractivity contribution in [3.63, 3.8) is 0 Å². The number of hydrogen-bond acceptors (Lipinski definition) is 3. The predicted octanol–water partition coefficient (Wildman–Crippen LogP) is 2.06. The van der Waals surface area contributed by atoms with Crippen LogP contribution in [-0.2, 0) is 14.3 Å². The van der Waals surface area contributed by atoms with Crippen LogP contribution < -0.4 is 0 Å². The Morgan fingerprint density at radius 1 is 1.43 bits per heavy atom. The second kappa shape index (κ2) is 3.71. The van der Waals surface area contributed by atoms with E-state index in [9.17, 15) is 4.79 Å². The first-order valence-electron chi connectivity index (χ1n) is 4.21. The summed E-state index contributed by atoms with van der Waals surface area (Å²) in [4.78, 5) is 11.1. The molecule has 1 aliphatic rings. The number of epoxide rings is 1. The van der Waals surface area contributed by atoms with E-state index in [2.05, 4.69) is 20.7 Å². The lowest BCUT2D eigenvalue weighted by molar-refractivity contribution is -0.142. The van der Waals surface area contributed by atoms with E-state index in [1.54, 1.807) is 0 Å². The fourth-order valence-electron chi connectivity index (χ4n) is 1.31. The molecule has 0 amide bonds. The molecule has 0 N–H and O–H groups in total. The Morgan fingerprint density at radius 3 is 2.64 bits per heavy atom. The Labute approximate surface area is 90.1 Å². The van der Waals surface area contributed by atoms with Crippen molar-refractivity contribution in [1.82, 2.24) is 0 Å².